The topological polar surface area (TPSA) is 149 Å². The van der Waals surface area contributed by atoms with Crippen LogP contribution in [0, 0.1) is 17.0 Å². The van der Waals surface area contributed by atoms with E-state index in [4.69, 9.17) is 4.42 Å². The van der Waals surface area contributed by atoms with Crippen molar-refractivity contribution in [2.24, 2.45) is 0 Å². The number of amides is 1. The van der Waals surface area contributed by atoms with Crippen LogP contribution in [0.4, 0.5) is 11.5 Å². The third-order valence-electron chi connectivity index (χ3n) is 4.10. The predicted molar refractivity (Wildman–Crippen MR) is 105 cm³/mol. The Morgan fingerprint density at radius 3 is 2.77 bits per heavy atom. The maximum absolute atomic E-state index is 12.7. The van der Waals surface area contributed by atoms with E-state index in [1.807, 2.05) is 0 Å². The van der Waals surface area contributed by atoms with Crippen LogP contribution in [0.1, 0.15) is 16.1 Å². The molecule has 4 rings (SSSR count). The van der Waals surface area contributed by atoms with Crippen molar-refractivity contribution in [1.29, 1.82) is 0 Å². The molecule has 3 aromatic heterocycles. The second kappa shape index (κ2) is 7.47. The van der Waals surface area contributed by atoms with Crippen molar-refractivity contribution in [3.63, 3.8) is 0 Å². The van der Waals surface area contributed by atoms with Crippen LogP contribution in [0.5, 0.6) is 0 Å². The van der Waals surface area contributed by atoms with E-state index in [-0.39, 0.29) is 28.6 Å². The number of non-ortho nitro benzene ring substituents is 1. The molecular formula is C19H14N6O5. The zero-order chi connectivity index (χ0) is 21.3. The van der Waals surface area contributed by atoms with Gasteiger partial charge in [0.2, 0.25) is 5.95 Å². The van der Waals surface area contributed by atoms with Crippen molar-refractivity contribution in [3.8, 4) is 17.4 Å². The molecule has 1 aromatic carbocycles. The van der Waals surface area contributed by atoms with E-state index in [1.54, 1.807) is 19.1 Å². The third-order valence-corrected chi connectivity index (χ3v) is 4.10. The summed E-state index contributed by atoms with van der Waals surface area (Å²) >= 11 is 0. The highest BCUT2D eigenvalue weighted by atomic mass is 16.6. The largest absolute Gasteiger partial charge is 0.463 e. The van der Waals surface area contributed by atoms with Crippen molar-refractivity contribution >= 4 is 17.4 Å². The van der Waals surface area contributed by atoms with E-state index < -0.39 is 10.8 Å². The number of carbonyl (C=O) groups is 1. The number of aromatic amines is 1. The lowest BCUT2D eigenvalue weighted by atomic mass is 10.2. The fraction of sp³-hybridized carbons (Fsp3) is 0.0526. The molecule has 2 N–H and O–H groups in total. The summed E-state index contributed by atoms with van der Waals surface area (Å²) in [6, 6.07) is 11.5. The Balaban J connectivity index is 1.76. The van der Waals surface area contributed by atoms with Gasteiger partial charge in [-0.2, -0.15) is 9.78 Å². The Morgan fingerprint density at radius 1 is 1.23 bits per heavy atom. The van der Waals surface area contributed by atoms with E-state index >= 15 is 0 Å². The number of carbonyl (C=O) groups excluding carboxylic acids is 1. The zero-order valence-corrected chi connectivity index (χ0v) is 15.5. The van der Waals surface area contributed by atoms with Gasteiger partial charge in [-0.1, -0.05) is 6.07 Å². The quantitative estimate of drug-likeness (QED) is 0.382. The Hall–Kier alpha value is -4.54. The number of benzene rings is 1. The number of hydrogen-bond acceptors (Lipinski definition) is 7. The van der Waals surface area contributed by atoms with Crippen molar-refractivity contribution in [2.45, 2.75) is 6.92 Å². The highest BCUT2D eigenvalue weighted by Crippen LogP contribution is 2.24. The van der Waals surface area contributed by atoms with Crippen molar-refractivity contribution < 1.29 is 14.1 Å². The van der Waals surface area contributed by atoms with Gasteiger partial charge in [0.1, 0.15) is 11.5 Å². The van der Waals surface area contributed by atoms with Crippen LogP contribution in [0.15, 0.2) is 64.0 Å². The second-order valence-electron chi connectivity index (χ2n) is 6.28. The minimum atomic E-state index is -0.596. The first-order valence-electron chi connectivity index (χ1n) is 8.69. The fourth-order valence-corrected chi connectivity index (χ4v) is 2.79. The van der Waals surface area contributed by atoms with Crippen LogP contribution in [-0.4, -0.2) is 30.6 Å². The summed E-state index contributed by atoms with van der Waals surface area (Å²) in [6.45, 7) is 1.65. The molecular weight excluding hydrogens is 392 g/mol. The van der Waals surface area contributed by atoms with E-state index in [9.17, 15) is 19.7 Å². The fourth-order valence-electron chi connectivity index (χ4n) is 2.79. The van der Waals surface area contributed by atoms with Gasteiger partial charge >= 0.3 is 0 Å². The molecule has 0 saturated heterocycles. The van der Waals surface area contributed by atoms with Gasteiger partial charge in [-0.05, 0) is 25.1 Å². The number of aryl methyl sites for hydroxylation is 1. The molecule has 4 aromatic rings. The number of rotatable bonds is 5. The monoisotopic (exact) mass is 406 g/mol. The molecule has 0 aliphatic carbocycles. The first kappa shape index (κ1) is 18.8. The number of hydrogen-bond donors (Lipinski definition) is 2. The second-order valence-corrected chi connectivity index (χ2v) is 6.28. The standard InChI is InChI=1S/C19H14N6O5/c1-11-8-17(26)22-19(20-11)24-16(10-14(23-24)15-6-3-7-30-15)21-18(27)12-4-2-5-13(9-12)25(28)29/h2-10H,1H3,(H,21,27)(H,20,22,26). The van der Waals surface area contributed by atoms with Crippen LogP contribution in [0.2, 0.25) is 0 Å². The molecule has 0 aliphatic rings. The van der Waals surface area contributed by atoms with E-state index in [1.165, 1.54) is 41.3 Å². The van der Waals surface area contributed by atoms with E-state index in [0.717, 1.165) is 6.07 Å². The molecule has 30 heavy (non-hydrogen) atoms. The van der Waals surface area contributed by atoms with Crippen LogP contribution in [-0.2, 0) is 0 Å². The lowest BCUT2D eigenvalue weighted by Gasteiger charge is -2.08. The molecule has 0 bridgehead atoms. The smallest absolute Gasteiger partial charge is 0.270 e. The highest BCUT2D eigenvalue weighted by molar-refractivity contribution is 6.04. The summed E-state index contributed by atoms with van der Waals surface area (Å²) in [7, 11) is 0. The van der Waals surface area contributed by atoms with Gasteiger partial charge in [-0.15, -0.1) is 0 Å². The molecule has 3 heterocycles. The number of nitrogens with one attached hydrogen (secondary N) is 2. The molecule has 1 amide bonds. The number of H-pyrrole nitrogens is 1. The maximum atomic E-state index is 12.7. The number of nitro groups is 1. The molecule has 11 heteroatoms. The Kier molecular flexibility index (Phi) is 4.68. The minimum Gasteiger partial charge on any atom is -0.463 e. The number of anilines is 1. The molecule has 0 aliphatic heterocycles. The maximum Gasteiger partial charge on any atom is 0.270 e. The van der Waals surface area contributed by atoms with Gasteiger partial charge in [0.05, 0.1) is 11.2 Å². The summed E-state index contributed by atoms with van der Waals surface area (Å²) in [5.74, 6) is 0.120. The average Bonchev–Trinajstić information content (AvgIpc) is 3.37. The summed E-state index contributed by atoms with van der Waals surface area (Å²) in [5, 5.41) is 18.0. The van der Waals surface area contributed by atoms with Crippen molar-refractivity contribution in [2.75, 3.05) is 5.32 Å². The van der Waals surface area contributed by atoms with Gasteiger partial charge in [0, 0.05) is 35.5 Å². The third kappa shape index (κ3) is 3.71. The summed E-state index contributed by atoms with van der Waals surface area (Å²) in [6.07, 6.45) is 1.47. The molecule has 11 nitrogen and oxygen atoms in total. The Morgan fingerprint density at radius 2 is 2.07 bits per heavy atom. The molecule has 0 unspecified atom stereocenters. The summed E-state index contributed by atoms with van der Waals surface area (Å²) in [4.78, 5) is 41.8. The highest BCUT2D eigenvalue weighted by Gasteiger charge is 2.18. The Bertz CT molecular complexity index is 1310. The van der Waals surface area contributed by atoms with E-state index in [2.05, 4.69) is 20.4 Å². The summed E-state index contributed by atoms with van der Waals surface area (Å²) < 4.78 is 6.60. The minimum absolute atomic E-state index is 0.0854. The van der Waals surface area contributed by atoms with Crippen molar-refractivity contribution in [1.82, 2.24) is 19.7 Å². The first-order valence-corrected chi connectivity index (χ1v) is 8.69. The van der Waals surface area contributed by atoms with Gasteiger partial charge in [0.15, 0.2) is 5.76 Å². The number of aromatic nitrogens is 4. The molecule has 0 saturated carbocycles. The first-order chi connectivity index (χ1) is 14.4. The van der Waals surface area contributed by atoms with Gasteiger partial charge in [0.25, 0.3) is 17.2 Å². The number of nitrogens with zero attached hydrogens (tertiary/aromatic N) is 4. The van der Waals surface area contributed by atoms with Gasteiger partial charge in [-0.25, -0.2) is 4.98 Å². The Labute approximate surface area is 168 Å². The molecule has 0 spiro atoms. The normalized spacial score (nSPS) is 10.7. The van der Waals surface area contributed by atoms with E-state index in [0.29, 0.717) is 17.1 Å². The molecule has 150 valence electrons. The number of nitro benzene ring substituents is 1. The lowest BCUT2D eigenvalue weighted by Crippen LogP contribution is -2.19. The number of furan rings is 1. The molecule has 0 radical (unpaired) electrons. The summed E-state index contributed by atoms with van der Waals surface area (Å²) in [5.41, 5.74) is 0.334. The lowest BCUT2D eigenvalue weighted by molar-refractivity contribution is -0.384. The van der Waals surface area contributed by atoms with Gasteiger partial charge < -0.3 is 9.73 Å². The van der Waals surface area contributed by atoms with Crippen LogP contribution >= 0.6 is 0 Å². The SMILES string of the molecule is Cc1cc(=O)[nH]c(-n2nc(-c3ccco3)cc2NC(=O)c2cccc([N+](=O)[O-])c2)n1. The van der Waals surface area contributed by atoms with Gasteiger partial charge in [-0.3, -0.25) is 24.7 Å². The van der Waals surface area contributed by atoms with Crippen LogP contribution in [0.25, 0.3) is 17.4 Å². The predicted octanol–water partition coefficient (Wildman–Crippen LogP) is 2.68. The zero-order valence-electron chi connectivity index (χ0n) is 15.5. The molecule has 0 atom stereocenters. The van der Waals surface area contributed by atoms with Crippen LogP contribution in [0.3, 0.4) is 0 Å². The van der Waals surface area contributed by atoms with Crippen LogP contribution < -0.4 is 10.9 Å². The average molecular weight is 406 g/mol. The molecule has 0 fully saturated rings. The van der Waals surface area contributed by atoms with Crippen molar-refractivity contribution in [3.05, 3.63) is 86.5 Å².